The Morgan fingerprint density at radius 2 is 1.90 bits per heavy atom. The van der Waals surface area contributed by atoms with Crippen LogP contribution in [-0.2, 0) is 6.42 Å². The highest BCUT2D eigenvalue weighted by Gasteiger charge is 2.07. The molecule has 0 aliphatic heterocycles. The van der Waals surface area contributed by atoms with Crippen LogP contribution in [0.3, 0.4) is 0 Å². The van der Waals surface area contributed by atoms with Gasteiger partial charge in [-0.15, -0.1) is 0 Å². The summed E-state index contributed by atoms with van der Waals surface area (Å²) in [7, 11) is 1.66. The first kappa shape index (κ1) is 15.6. The molecule has 0 amide bonds. The lowest BCUT2D eigenvalue weighted by Crippen LogP contribution is -2.16. The van der Waals surface area contributed by atoms with Crippen molar-refractivity contribution in [3.05, 3.63) is 58.9 Å². The van der Waals surface area contributed by atoms with E-state index >= 15 is 0 Å². The molecule has 4 heteroatoms. The largest absolute Gasteiger partial charge is 0.497 e. The van der Waals surface area contributed by atoms with Crippen LogP contribution in [0.1, 0.15) is 18.9 Å². The molecule has 2 nitrogen and oxygen atoms in total. The van der Waals surface area contributed by atoms with Gasteiger partial charge in [-0.1, -0.05) is 23.7 Å². The number of methoxy groups -OCH3 is 1. The number of aryl methyl sites for hydroxylation is 1. The number of rotatable bonds is 6. The summed E-state index contributed by atoms with van der Waals surface area (Å²) in [6, 6.07) is 12.7. The first-order valence-corrected chi connectivity index (χ1v) is 7.31. The summed E-state index contributed by atoms with van der Waals surface area (Å²) < 4.78 is 18.1. The number of halogens is 2. The van der Waals surface area contributed by atoms with Gasteiger partial charge >= 0.3 is 0 Å². The molecule has 2 aromatic rings. The lowest BCUT2D eigenvalue weighted by atomic mass is 10.1. The average Bonchev–Trinajstić information content (AvgIpc) is 2.48. The number of anilines is 1. The second-order valence-electron chi connectivity index (χ2n) is 5.06. The van der Waals surface area contributed by atoms with E-state index in [0.29, 0.717) is 5.02 Å². The highest BCUT2D eigenvalue weighted by molar-refractivity contribution is 6.33. The van der Waals surface area contributed by atoms with E-state index in [1.165, 1.54) is 17.7 Å². The molecule has 1 N–H and O–H groups in total. The van der Waals surface area contributed by atoms with Gasteiger partial charge in [0.25, 0.3) is 0 Å². The van der Waals surface area contributed by atoms with Gasteiger partial charge in [-0.05, 0) is 55.7 Å². The maximum absolute atomic E-state index is 13.0. The molecule has 112 valence electrons. The monoisotopic (exact) mass is 307 g/mol. The van der Waals surface area contributed by atoms with Crippen molar-refractivity contribution in [1.82, 2.24) is 0 Å². The van der Waals surface area contributed by atoms with Crippen LogP contribution in [0.2, 0.25) is 5.02 Å². The molecule has 21 heavy (non-hydrogen) atoms. The highest BCUT2D eigenvalue weighted by Crippen LogP contribution is 2.24. The lowest BCUT2D eigenvalue weighted by Gasteiger charge is -2.16. The number of nitrogens with one attached hydrogen (secondary N) is 1. The molecule has 0 saturated carbocycles. The first-order valence-electron chi connectivity index (χ1n) is 6.93. The zero-order chi connectivity index (χ0) is 15.2. The van der Waals surface area contributed by atoms with Gasteiger partial charge in [-0.2, -0.15) is 0 Å². The second-order valence-corrected chi connectivity index (χ2v) is 5.46. The van der Waals surface area contributed by atoms with Crippen LogP contribution < -0.4 is 10.1 Å². The minimum absolute atomic E-state index is 0.245. The third-order valence-electron chi connectivity index (χ3n) is 3.36. The van der Waals surface area contributed by atoms with Crippen LogP contribution in [0.4, 0.5) is 10.1 Å². The fourth-order valence-electron chi connectivity index (χ4n) is 2.12. The van der Waals surface area contributed by atoms with Crippen molar-refractivity contribution in [2.45, 2.75) is 25.8 Å². The quantitative estimate of drug-likeness (QED) is 0.817. The average molecular weight is 308 g/mol. The molecular weight excluding hydrogens is 289 g/mol. The maximum atomic E-state index is 13.0. The van der Waals surface area contributed by atoms with E-state index in [1.807, 2.05) is 12.1 Å². The van der Waals surface area contributed by atoms with Gasteiger partial charge in [-0.25, -0.2) is 4.39 Å². The molecule has 1 atom stereocenters. The molecule has 0 saturated heterocycles. The minimum Gasteiger partial charge on any atom is -0.497 e. The molecule has 2 aromatic carbocycles. The van der Waals surface area contributed by atoms with Crippen molar-refractivity contribution in [3.8, 4) is 5.75 Å². The second kappa shape index (κ2) is 7.32. The molecule has 0 radical (unpaired) electrons. The molecule has 1 unspecified atom stereocenters. The number of hydrogen-bond acceptors (Lipinski definition) is 2. The predicted octanol–water partition coefficient (Wildman–Crippen LogP) is 4.92. The predicted molar refractivity (Wildman–Crippen MR) is 85.8 cm³/mol. The summed E-state index contributed by atoms with van der Waals surface area (Å²) >= 11 is 6.01. The van der Waals surface area contributed by atoms with Gasteiger partial charge in [0.15, 0.2) is 0 Å². The number of benzene rings is 2. The zero-order valence-electron chi connectivity index (χ0n) is 12.2. The summed E-state index contributed by atoms with van der Waals surface area (Å²) in [6.45, 7) is 2.09. The van der Waals surface area contributed by atoms with Crippen molar-refractivity contribution in [2.75, 3.05) is 12.4 Å². The van der Waals surface area contributed by atoms with E-state index in [9.17, 15) is 4.39 Å². The Hall–Kier alpha value is -1.74. The minimum atomic E-state index is -0.323. The molecule has 2 rings (SSSR count). The Labute approximate surface area is 129 Å². The van der Waals surface area contributed by atoms with Gasteiger partial charge in [0.05, 0.1) is 17.8 Å². The standard InChI is InChI=1S/C17H19ClFNO/c1-12(20-17-10-7-14(19)11-16(17)18)3-4-13-5-8-15(21-2)9-6-13/h5-12,20H,3-4H2,1-2H3. The highest BCUT2D eigenvalue weighted by atomic mass is 35.5. The normalized spacial score (nSPS) is 12.0. The van der Waals surface area contributed by atoms with E-state index < -0.39 is 0 Å². The van der Waals surface area contributed by atoms with Crippen molar-refractivity contribution in [2.24, 2.45) is 0 Å². The van der Waals surface area contributed by atoms with Gasteiger partial charge in [0.1, 0.15) is 11.6 Å². The van der Waals surface area contributed by atoms with E-state index in [2.05, 4.69) is 24.4 Å². The Kier molecular flexibility index (Phi) is 5.45. The lowest BCUT2D eigenvalue weighted by molar-refractivity contribution is 0.414. The topological polar surface area (TPSA) is 21.3 Å². The van der Waals surface area contributed by atoms with Crippen LogP contribution in [0.15, 0.2) is 42.5 Å². The summed E-state index contributed by atoms with van der Waals surface area (Å²) in [5, 5.41) is 3.72. The van der Waals surface area contributed by atoms with Crippen LogP contribution in [0.25, 0.3) is 0 Å². The Balaban J connectivity index is 1.87. The Bertz CT molecular complexity index is 586. The molecular formula is C17H19ClFNO. The molecule has 0 heterocycles. The van der Waals surface area contributed by atoms with Crippen molar-refractivity contribution in [3.63, 3.8) is 0 Å². The van der Waals surface area contributed by atoms with E-state index in [4.69, 9.17) is 16.3 Å². The van der Waals surface area contributed by atoms with Gasteiger partial charge < -0.3 is 10.1 Å². The van der Waals surface area contributed by atoms with Crippen molar-refractivity contribution < 1.29 is 9.13 Å². The van der Waals surface area contributed by atoms with Crippen LogP contribution in [0.5, 0.6) is 5.75 Å². The fraction of sp³-hybridized carbons (Fsp3) is 0.294. The van der Waals surface area contributed by atoms with E-state index in [1.54, 1.807) is 13.2 Å². The maximum Gasteiger partial charge on any atom is 0.124 e. The molecule has 0 fully saturated rings. The molecule has 0 aliphatic rings. The fourth-order valence-corrected chi connectivity index (χ4v) is 2.34. The number of ether oxygens (including phenoxy) is 1. The summed E-state index contributed by atoms with van der Waals surface area (Å²) in [5.41, 5.74) is 2.02. The van der Waals surface area contributed by atoms with Crippen molar-refractivity contribution >= 4 is 17.3 Å². The van der Waals surface area contributed by atoms with E-state index in [0.717, 1.165) is 24.3 Å². The first-order chi connectivity index (χ1) is 10.1. The summed E-state index contributed by atoms with van der Waals surface area (Å²) in [4.78, 5) is 0. The van der Waals surface area contributed by atoms with E-state index in [-0.39, 0.29) is 11.9 Å². The van der Waals surface area contributed by atoms with Crippen LogP contribution in [0, 0.1) is 5.82 Å². The molecule has 0 spiro atoms. The third-order valence-corrected chi connectivity index (χ3v) is 3.67. The summed E-state index contributed by atoms with van der Waals surface area (Å²) in [6.07, 6.45) is 1.91. The van der Waals surface area contributed by atoms with Crippen LogP contribution >= 0.6 is 11.6 Å². The Morgan fingerprint density at radius 1 is 1.19 bits per heavy atom. The van der Waals surface area contributed by atoms with Gasteiger partial charge in [-0.3, -0.25) is 0 Å². The van der Waals surface area contributed by atoms with Crippen molar-refractivity contribution in [1.29, 1.82) is 0 Å². The number of hydrogen-bond donors (Lipinski definition) is 1. The third kappa shape index (κ3) is 4.64. The van der Waals surface area contributed by atoms with Gasteiger partial charge in [0, 0.05) is 6.04 Å². The molecule has 0 aliphatic carbocycles. The Morgan fingerprint density at radius 3 is 2.52 bits per heavy atom. The molecule has 0 bridgehead atoms. The summed E-state index contributed by atoms with van der Waals surface area (Å²) in [5.74, 6) is 0.541. The molecule has 0 aromatic heterocycles. The van der Waals surface area contributed by atoms with Gasteiger partial charge in [0.2, 0.25) is 0 Å². The van der Waals surface area contributed by atoms with Crippen LogP contribution in [-0.4, -0.2) is 13.2 Å². The smallest absolute Gasteiger partial charge is 0.124 e. The zero-order valence-corrected chi connectivity index (χ0v) is 13.0. The SMILES string of the molecule is COc1ccc(CCC(C)Nc2ccc(F)cc2Cl)cc1.